The second-order valence-electron chi connectivity index (χ2n) is 6.49. The summed E-state index contributed by atoms with van der Waals surface area (Å²) in [6.45, 7) is 6.34. The molecular formula is C17H31NO3. The van der Waals surface area contributed by atoms with Gasteiger partial charge in [0.25, 0.3) is 0 Å². The van der Waals surface area contributed by atoms with Gasteiger partial charge in [-0.15, -0.1) is 0 Å². The van der Waals surface area contributed by atoms with Crippen molar-refractivity contribution in [2.24, 2.45) is 11.8 Å². The Kier molecular flexibility index (Phi) is 6.97. The normalized spacial score (nSPS) is 28.5. The fraction of sp³-hybridized carbons (Fsp3) is 0.941. The number of hydroxylamine groups is 2. The highest BCUT2D eigenvalue weighted by molar-refractivity contribution is 5.72. The molecule has 0 aromatic rings. The lowest BCUT2D eigenvalue weighted by Crippen LogP contribution is -2.40. The van der Waals surface area contributed by atoms with Crippen LogP contribution >= 0.6 is 0 Å². The van der Waals surface area contributed by atoms with E-state index in [2.05, 4.69) is 12.0 Å². The maximum absolute atomic E-state index is 11.7. The summed E-state index contributed by atoms with van der Waals surface area (Å²) in [4.78, 5) is 17.8. The van der Waals surface area contributed by atoms with Crippen LogP contribution in [0.3, 0.4) is 0 Å². The van der Waals surface area contributed by atoms with Crippen LogP contribution in [0.5, 0.6) is 0 Å². The van der Waals surface area contributed by atoms with Gasteiger partial charge in [-0.2, -0.15) is 5.06 Å². The fourth-order valence-electron chi connectivity index (χ4n) is 3.60. The van der Waals surface area contributed by atoms with Crippen LogP contribution in [0.15, 0.2) is 0 Å². The molecule has 4 nitrogen and oxygen atoms in total. The Bertz CT molecular complexity index is 305. The minimum Gasteiger partial charge on any atom is -0.466 e. The van der Waals surface area contributed by atoms with Crippen LogP contribution in [0.4, 0.5) is 0 Å². The molecule has 1 aliphatic carbocycles. The summed E-state index contributed by atoms with van der Waals surface area (Å²) in [5, 5.41) is 2.08. The van der Waals surface area contributed by atoms with Crippen molar-refractivity contribution in [2.75, 3.05) is 19.7 Å². The summed E-state index contributed by atoms with van der Waals surface area (Å²) < 4.78 is 5.10. The van der Waals surface area contributed by atoms with Crippen molar-refractivity contribution in [3.8, 4) is 0 Å². The summed E-state index contributed by atoms with van der Waals surface area (Å²) in [5.74, 6) is 0.965. The first kappa shape index (κ1) is 16.8. The average molecular weight is 297 g/mol. The van der Waals surface area contributed by atoms with Gasteiger partial charge in [0.05, 0.1) is 18.6 Å². The first-order valence-electron chi connectivity index (χ1n) is 8.81. The van der Waals surface area contributed by atoms with E-state index in [9.17, 15) is 4.79 Å². The van der Waals surface area contributed by atoms with Gasteiger partial charge in [-0.05, 0) is 51.4 Å². The van der Waals surface area contributed by atoms with E-state index in [1.54, 1.807) is 0 Å². The van der Waals surface area contributed by atoms with E-state index in [4.69, 9.17) is 9.57 Å². The van der Waals surface area contributed by atoms with E-state index in [1.165, 1.54) is 38.5 Å². The number of ether oxygens (including phenoxy) is 1. The molecule has 2 fully saturated rings. The van der Waals surface area contributed by atoms with Gasteiger partial charge in [-0.3, -0.25) is 9.63 Å². The van der Waals surface area contributed by atoms with Crippen LogP contribution in [0.1, 0.15) is 65.2 Å². The fourth-order valence-corrected chi connectivity index (χ4v) is 3.60. The largest absolute Gasteiger partial charge is 0.466 e. The third-order valence-electron chi connectivity index (χ3n) is 4.86. The molecule has 21 heavy (non-hydrogen) atoms. The van der Waals surface area contributed by atoms with Gasteiger partial charge >= 0.3 is 5.97 Å². The Labute approximate surface area is 129 Å². The Hall–Kier alpha value is -0.610. The SMILES string of the molecule is CCC[C@H]1CC[C@H](ON2CCC(C(=O)OCC)CC2)CC1. The van der Waals surface area contributed by atoms with Crippen LogP contribution in [-0.2, 0) is 14.4 Å². The molecule has 0 aromatic heterocycles. The van der Waals surface area contributed by atoms with Crippen molar-refractivity contribution in [3.05, 3.63) is 0 Å². The lowest BCUT2D eigenvalue weighted by atomic mass is 9.85. The lowest BCUT2D eigenvalue weighted by Gasteiger charge is -2.35. The minimum absolute atomic E-state index is 0.0303. The summed E-state index contributed by atoms with van der Waals surface area (Å²) in [5.41, 5.74) is 0. The number of carbonyl (C=O) groups excluding carboxylic acids is 1. The molecule has 2 aliphatic rings. The Morgan fingerprint density at radius 3 is 2.29 bits per heavy atom. The molecule has 0 N–H and O–H groups in total. The zero-order valence-corrected chi connectivity index (χ0v) is 13.7. The van der Waals surface area contributed by atoms with Crippen LogP contribution in [0, 0.1) is 11.8 Å². The topological polar surface area (TPSA) is 38.8 Å². The number of rotatable bonds is 6. The molecule has 122 valence electrons. The van der Waals surface area contributed by atoms with Crippen LogP contribution in [0.2, 0.25) is 0 Å². The van der Waals surface area contributed by atoms with Gasteiger partial charge in [-0.1, -0.05) is 19.8 Å². The summed E-state index contributed by atoms with van der Waals surface area (Å²) in [6.07, 6.45) is 9.83. The molecule has 1 saturated heterocycles. The molecule has 1 heterocycles. The first-order valence-corrected chi connectivity index (χ1v) is 8.81. The molecule has 0 atom stereocenters. The van der Waals surface area contributed by atoms with E-state index >= 15 is 0 Å². The zero-order valence-electron chi connectivity index (χ0n) is 13.7. The smallest absolute Gasteiger partial charge is 0.309 e. The summed E-state index contributed by atoms with van der Waals surface area (Å²) >= 11 is 0. The quantitative estimate of drug-likeness (QED) is 0.703. The molecule has 0 aromatic carbocycles. The molecule has 0 spiro atoms. The highest BCUT2D eigenvalue weighted by atomic mass is 16.7. The van der Waals surface area contributed by atoms with Crippen molar-refractivity contribution in [2.45, 2.75) is 71.3 Å². The van der Waals surface area contributed by atoms with E-state index in [0.717, 1.165) is 31.8 Å². The standard InChI is InChI=1S/C17H31NO3/c1-3-5-14-6-8-16(9-7-14)21-18-12-10-15(11-13-18)17(19)20-4-2/h14-16H,3-13H2,1-2H3/t14-,16-. The molecule has 4 heteroatoms. The monoisotopic (exact) mass is 297 g/mol. The van der Waals surface area contributed by atoms with Crippen molar-refractivity contribution in [1.29, 1.82) is 0 Å². The Morgan fingerprint density at radius 1 is 1.05 bits per heavy atom. The number of esters is 1. The van der Waals surface area contributed by atoms with Crippen molar-refractivity contribution >= 4 is 5.97 Å². The number of piperidine rings is 1. The molecule has 0 radical (unpaired) electrons. The molecular weight excluding hydrogens is 266 g/mol. The first-order chi connectivity index (χ1) is 10.2. The van der Waals surface area contributed by atoms with Gasteiger partial charge in [-0.25, -0.2) is 0 Å². The number of hydrogen-bond acceptors (Lipinski definition) is 4. The molecule has 2 rings (SSSR count). The predicted molar refractivity (Wildman–Crippen MR) is 82.7 cm³/mol. The third kappa shape index (κ3) is 5.26. The minimum atomic E-state index is -0.0303. The van der Waals surface area contributed by atoms with E-state index in [-0.39, 0.29) is 11.9 Å². The summed E-state index contributed by atoms with van der Waals surface area (Å²) in [7, 11) is 0. The van der Waals surface area contributed by atoms with Gasteiger partial charge in [0.15, 0.2) is 0 Å². The molecule has 1 aliphatic heterocycles. The Balaban J connectivity index is 1.64. The number of hydrogen-bond donors (Lipinski definition) is 0. The maximum Gasteiger partial charge on any atom is 0.309 e. The molecule has 1 saturated carbocycles. The highest BCUT2D eigenvalue weighted by Crippen LogP contribution is 2.30. The van der Waals surface area contributed by atoms with Gasteiger partial charge in [0, 0.05) is 13.1 Å². The van der Waals surface area contributed by atoms with Crippen LogP contribution in [-0.4, -0.2) is 36.8 Å². The zero-order chi connectivity index (χ0) is 15.1. The van der Waals surface area contributed by atoms with Gasteiger partial charge in [0.1, 0.15) is 0 Å². The lowest BCUT2D eigenvalue weighted by molar-refractivity contribution is -0.219. The predicted octanol–water partition coefficient (Wildman–Crippen LogP) is 3.55. The van der Waals surface area contributed by atoms with E-state index in [1.807, 2.05) is 6.92 Å². The van der Waals surface area contributed by atoms with Gasteiger partial charge in [0.2, 0.25) is 0 Å². The molecule has 0 unspecified atom stereocenters. The maximum atomic E-state index is 11.7. The number of nitrogens with zero attached hydrogens (tertiary/aromatic N) is 1. The summed E-state index contributed by atoms with van der Waals surface area (Å²) in [6, 6.07) is 0. The molecule has 0 amide bonds. The highest BCUT2D eigenvalue weighted by Gasteiger charge is 2.29. The van der Waals surface area contributed by atoms with E-state index in [0.29, 0.717) is 12.7 Å². The number of carbonyl (C=O) groups is 1. The average Bonchev–Trinajstić information content (AvgIpc) is 2.50. The van der Waals surface area contributed by atoms with Gasteiger partial charge < -0.3 is 4.74 Å². The van der Waals surface area contributed by atoms with Crippen molar-refractivity contribution in [3.63, 3.8) is 0 Å². The van der Waals surface area contributed by atoms with Crippen LogP contribution < -0.4 is 0 Å². The second-order valence-corrected chi connectivity index (χ2v) is 6.49. The Morgan fingerprint density at radius 2 is 1.71 bits per heavy atom. The second kappa shape index (κ2) is 8.74. The van der Waals surface area contributed by atoms with Crippen molar-refractivity contribution in [1.82, 2.24) is 5.06 Å². The van der Waals surface area contributed by atoms with Crippen LogP contribution in [0.25, 0.3) is 0 Å². The third-order valence-corrected chi connectivity index (χ3v) is 4.86. The van der Waals surface area contributed by atoms with Crippen molar-refractivity contribution < 1.29 is 14.4 Å². The van der Waals surface area contributed by atoms with E-state index < -0.39 is 0 Å². The molecule has 0 bridgehead atoms.